The molecule has 0 radical (unpaired) electrons. The molecule has 0 heterocycles. The van der Waals surface area contributed by atoms with Gasteiger partial charge in [0.05, 0.1) is 4.75 Å². The van der Waals surface area contributed by atoms with Crippen LogP contribution in [0.15, 0.2) is 0 Å². The second-order valence-electron chi connectivity index (χ2n) is 5.02. The normalized spacial score (nSPS) is 15.9. The van der Waals surface area contributed by atoms with Crippen LogP contribution in [0.4, 0.5) is 0 Å². The third-order valence-corrected chi connectivity index (χ3v) is 3.97. The molecule has 0 aromatic heterocycles. The molecule has 0 spiro atoms. The van der Waals surface area contributed by atoms with Crippen LogP contribution in [-0.2, 0) is 14.4 Å². The van der Waals surface area contributed by atoms with E-state index in [-0.39, 0.29) is 23.6 Å². The average Bonchev–Trinajstić information content (AvgIpc) is 2.09. The number of amides is 1. The maximum Gasteiger partial charge on any atom is 0.323 e. The van der Waals surface area contributed by atoms with Gasteiger partial charge in [0, 0.05) is 13.0 Å². The quantitative estimate of drug-likeness (QED) is 0.822. The minimum atomic E-state index is -1.01. The molecule has 0 aromatic carbocycles. The summed E-state index contributed by atoms with van der Waals surface area (Å²) in [7, 11) is 0. The maximum absolute atomic E-state index is 12.4. The van der Waals surface area contributed by atoms with Crippen LogP contribution in [0, 0.1) is 0 Å². The smallest absolute Gasteiger partial charge is 0.323 e. The van der Waals surface area contributed by atoms with E-state index in [9.17, 15) is 14.4 Å². The summed E-state index contributed by atoms with van der Waals surface area (Å²) >= 11 is 0.949. The number of rotatable bonds is 5. The molecule has 18 heavy (non-hydrogen) atoms. The van der Waals surface area contributed by atoms with E-state index in [4.69, 9.17) is 5.11 Å². The molecule has 0 unspecified atom stereocenters. The van der Waals surface area contributed by atoms with Crippen molar-refractivity contribution in [2.75, 3.05) is 6.54 Å². The summed E-state index contributed by atoms with van der Waals surface area (Å²) in [6, 6.07) is 0.0143. The number of carboxylic acids is 1. The monoisotopic (exact) mass is 273 g/mol. The Morgan fingerprint density at radius 2 is 1.89 bits per heavy atom. The molecule has 0 atom stereocenters. The zero-order chi connectivity index (χ0) is 13.9. The summed E-state index contributed by atoms with van der Waals surface area (Å²) in [4.78, 5) is 35.7. The Morgan fingerprint density at radius 3 is 2.22 bits per heavy atom. The first-order valence-corrected chi connectivity index (χ1v) is 6.78. The van der Waals surface area contributed by atoms with Crippen LogP contribution in [0.3, 0.4) is 0 Å². The van der Waals surface area contributed by atoms with Gasteiger partial charge in [-0.3, -0.25) is 14.4 Å². The summed E-state index contributed by atoms with van der Waals surface area (Å²) < 4.78 is -0.906. The highest BCUT2D eigenvalue weighted by Gasteiger charge is 2.39. The number of hydrogen-bond donors (Lipinski definition) is 1. The van der Waals surface area contributed by atoms with Gasteiger partial charge in [-0.15, -0.1) is 0 Å². The fraction of sp³-hybridized carbons (Fsp3) is 0.750. The Kier molecular flexibility index (Phi) is 4.78. The highest BCUT2D eigenvalue weighted by Crippen LogP contribution is 2.32. The van der Waals surface area contributed by atoms with E-state index in [0.29, 0.717) is 0 Å². The lowest BCUT2D eigenvalue weighted by Crippen LogP contribution is -2.53. The van der Waals surface area contributed by atoms with Crippen LogP contribution < -0.4 is 0 Å². The number of hydrogen-bond acceptors (Lipinski definition) is 4. The number of nitrogens with zero attached hydrogens (tertiary/aromatic N) is 1. The molecule has 1 rings (SSSR count). The molecular weight excluding hydrogens is 254 g/mol. The summed E-state index contributed by atoms with van der Waals surface area (Å²) in [5, 5.41) is 8.74. The average molecular weight is 273 g/mol. The van der Waals surface area contributed by atoms with Gasteiger partial charge in [-0.25, -0.2) is 0 Å². The van der Waals surface area contributed by atoms with Gasteiger partial charge in [0.1, 0.15) is 6.54 Å². The molecule has 1 saturated carbocycles. The fourth-order valence-electron chi connectivity index (χ4n) is 1.96. The second kappa shape index (κ2) is 5.73. The van der Waals surface area contributed by atoms with E-state index in [1.807, 2.05) is 0 Å². The van der Waals surface area contributed by atoms with E-state index >= 15 is 0 Å². The summed E-state index contributed by atoms with van der Waals surface area (Å²) in [5.74, 6) is -1.28. The number of thioether (sulfide) groups is 1. The van der Waals surface area contributed by atoms with Gasteiger partial charge in [-0.05, 0) is 33.1 Å². The Labute approximate surface area is 111 Å². The Morgan fingerprint density at radius 1 is 1.33 bits per heavy atom. The molecule has 1 N–H and O–H groups in total. The first-order valence-electron chi connectivity index (χ1n) is 5.96. The minimum Gasteiger partial charge on any atom is -0.480 e. The fourth-order valence-corrected chi connectivity index (χ4v) is 2.88. The number of aliphatic carboxylic acids is 1. The van der Waals surface area contributed by atoms with E-state index < -0.39 is 10.7 Å². The lowest BCUT2D eigenvalue weighted by atomic mass is 9.90. The first-order chi connectivity index (χ1) is 8.24. The zero-order valence-electron chi connectivity index (χ0n) is 10.9. The van der Waals surface area contributed by atoms with Crippen LogP contribution in [0.2, 0.25) is 0 Å². The van der Waals surface area contributed by atoms with E-state index in [1.54, 1.807) is 13.8 Å². The van der Waals surface area contributed by atoms with Gasteiger partial charge in [-0.1, -0.05) is 11.8 Å². The van der Waals surface area contributed by atoms with Crippen molar-refractivity contribution in [3.05, 3.63) is 0 Å². The largest absolute Gasteiger partial charge is 0.480 e. The molecular formula is C12H19NO4S. The van der Waals surface area contributed by atoms with Crippen molar-refractivity contribution in [2.45, 2.75) is 50.8 Å². The van der Waals surface area contributed by atoms with Crippen molar-refractivity contribution in [3.63, 3.8) is 0 Å². The number of carboxylic acid groups (broad SMARTS) is 1. The summed E-state index contributed by atoms with van der Waals surface area (Å²) in [6.07, 6.45) is 2.72. The third kappa shape index (κ3) is 3.73. The van der Waals surface area contributed by atoms with Crippen LogP contribution in [-0.4, -0.2) is 44.3 Å². The predicted octanol–water partition coefficient (Wildman–Crippen LogP) is 1.51. The van der Waals surface area contributed by atoms with E-state index in [2.05, 4.69) is 0 Å². The van der Waals surface area contributed by atoms with Gasteiger partial charge in [0.25, 0.3) is 0 Å². The SMILES string of the molecule is CC(=O)SC(C)(C)C(=O)N(CC(=O)O)C1CCC1. The van der Waals surface area contributed by atoms with Crippen LogP contribution in [0.5, 0.6) is 0 Å². The van der Waals surface area contributed by atoms with E-state index in [0.717, 1.165) is 31.0 Å². The molecule has 1 aliphatic rings. The highest BCUT2D eigenvalue weighted by atomic mass is 32.2. The number of carbonyl (C=O) groups is 3. The molecule has 0 saturated heterocycles. The third-order valence-electron chi connectivity index (χ3n) is 3.00. The predicted molar refractivity (Wildman–Crippen MR) is 69.3 cm³/mol. The van der Waals surface area contributed by atoms with Crippen molar-refractivity contribution in [3.8, 4) is 0 Å². The van der Waals surface area contributed by atoms with Crippen molar-refractivity contribution in [1.29, 1.82) is 0 Å². The summed E-state index contributed by atoms with van der Waals surface area (Å²) in [6.45, 7) is 4.44. The lowest BCUT2D eigenvalue weighted by Gasteiger charge is -2.40. The van der Waals surface area contributed by atoms with Crippen molar-refractivity contribution < 1.29 is 19.5 Å². The maximum atomic E-state index is 12.4. The van der Waals surface area contributed by atoms with Gasteiger partial charge < -0.3 is 10.0 Å². The van der Waals surface area contributed by atoms with Crippen LogP contribution in [0.1, 0.15) is 40.0 Å². The molecule has 5 nitrogen and oxygen atoms in total. The van der Waals surface area contributed by atoms with Gasteiger partial charge >= 0.3 is 5.97 Å². The standard InChI is InChI=1S/C12H19NO4S/c1-8(14)18-12(2,3)11(17)13(7-10(15)16)9-5-4-6-9/h9H,4-7H2,1-3H3,(H,15,16). The lowest BCUT2D eigenvalue weighted by molar-refractivity contribution is -0.148. The first kappa shape index (κ1) is 15.0. The molecule has 6 heteroatoms. The second-order valence-corrected chi connectivity index (χ2v) is 6.82. The number of carbonyl (C=O) groups excluding carboxylic acids is 2. The molecule has 0 aliphatic heterocycles. The van der Waals surface area contributed by atoms with Gasteiger partial charge in [0.2, 0.25) is 5.91 Å². The minimum absolute atomic E-state index is 0.0143. The highest BCUT2D eigenvalue weighted by molar-refractivity contribution is 8.15. The van der Waals surface area contributed by atoms with Crippen LogP contribution in [0.25, 0.3) is 0 Å². The molecule has 102 valence electrons. The topological polar surface area (TPSA) is 74.7 Å². The van der Waals surface area contributed by atoms with Gasteiger partial charge in [-0.2, -0.15) is 0 Å². The Hall–Kier alpha value is -1.04. The van der Waals surface area contributed by atoms with Crippen LogP contribution >= 0.6 is 11.8 Å². The van der Waals surface area contributed by atoms with Crippen molar-refractivity contribution in [1.82, 2.24) is 4.90 Å². The molecule has 0 aromatic rings. The molecule has 1 fully saturated rings. The zero-order valence-corrected chi connectivity index (χ0v) is 11.7. The van der Waals surface area contributed by atoms with E-state index in [1.165, 1.54) is 11.8 Å². The van der Waals surface area contributed by atoms with Crippen molar-refractivity contribution >= 4 is 28.8 Å². The molecule has 1 amide bonds. The molecule has 0 bridgehead atoms. The summed E-state index contributed by atoms with van der Waals surface area (Å²) in [5.41, 5.74) is 0. The Bertz CT molecular complexity index is 363. The van der Waals surface area contributed by atoms with Crippen molar-refractivity contribution in [2.24, 2.45) is 0 Å². The molecule has 1 aliphatic carbocycles. The van der Waals surface area contributed by atoms with Gasteiger partial charge in [0.15, 0.2) is 5.12 Å². The Balaban J connectivity index is 2.80.